The van der Waals surface area contributed by atoms with Gasteiger partial charge >= 0.3 is 0 Å². The monoisotopic (exact) mass is 472 g/mol. The number of H-pyrrole nitrogens is 1. The molecule has 8 nitrogen and oxygen atoms in total. The minimum Gasteiger partial charge on any atom is -0.492 e. The predicted molar refractivity (Wildman–Crippen MR) is 127 cm³/mol. The molecule has 2 aromatic carbocycles. The molecule has 0 saturated heterocycles. The number of nitrogens with one attached hydrogen (secondary N) is 3. The smallest absolute Gasteiger partial charge is 0.255 e. The summed E-state index contributed by atoms with van der Waals surface area (Å²) in [7, 11) is 1.40. The quantitative estimate of drug-likeness (QED) is 0.396. The lowest BCUT2D eigenvalue weighted by Gasteiger charge is -2.24. The summed E-state index contributed by atoms with van der Waals surface area (Å²) in [5, 5.41) is 6.27. The highest BCUT2D eigenvalue weighted by Gasteiger charge is 2.33. The van der Waals surface area contributed by atoms with E-state index in [1.807, 2.05) is 24.3 Å². The number of anilines is 2. The van der Waals surface area contributed by atoms with Crippen LogP contribution in [0.1, 0.15) is 16.1 Å². The second-order valence-electron chi connectivity index (χ2n) is 8.31. The average Bonchev–Trinajstić information content (AvgIpc) is 3.22. The average molecular weight is 472 g/mol. The number of ether oxygens (including phenoxy) is 3. The van der Waals surface area contributed by atoms with Gasteiger partial charge in [0.05, 0.1) is 42.0 Å². The number of fused-ring (bicyclic) bond motifs is 3. The number of nitrogens with zero attached hydrogens (tertiary/aromatic N) is 1. The largest absolute Gasteiger partial charge is 0.492 e. The molecule has 3 aliphatic rings. The van der Waals surface area contributed by atoms with Crippen LogP contribution in [-0.4, -0.2) is 35.6 Å². The van der Waals surface area contributed by atoms with Crippen LogP contribution in [0.5, 0.6) is 23.0 Å². The first-order valence-electron chi connectivity index (χ1n) is 11.1. The van der Waals surface area contributed by atoms with E-state index >= 15 is 0 Å². The molecule has 2 aromatic heterocycles. The van der Waals surface area contributed by atoms with Crippen molar-refractivity contribution < 1.29 is 23.4 Å². The predicted octanol–water partition coefficient (Wildman–Crippen LogP) is 4.81. The van der Waals surface area contributed by atoms with E-state index < -0.39 is 5.82 Å². The van der Waals surface area contributed by atoms with Gasteiger partial charge in [0.2, 0.25) is 0 Å². The maximum Gasteiger partial charge on any atom is 0.255 e. The lowest BCUT2D eigenvalue weighted by atomic mass is 10.0. The van der Waals surface area contributed by atoms with Crippen LogP contribution in [0.15, 0.2) is 60.9 Å². The number of benzene rings is 2. The fourth-order valence-corrected chi connectivity index (χ4v) is 4.48. The molecule has 9 heteroatoms. The van der Waals surface area contributed by atoms with Crippen LogP contribution in [0, 0.1) is 5.82 Å². The lowest BCUT2D eigenvalue weighted by Crippen LogP contribution is -2.44. The second kappa shape index (κ2) is 8.35. The minimum atomic E-state index is -0.514. The van der Waals surface area contributed by atoms with Crippen molar-refractivity contribution in [2.75, 3.05) is 19.0 Å². The standard InChI is InChI=1S/C26H21FN4O4/c1-33-25-18(27)3-2-4-19(25)30-24-22-20-11-14(29-26(22)32)13-34-15-5-7-16(8-6-15)35-21-12-28-10-9-17(21)23(24)31-20/h2-10,12,14,30-31H,11,13H2,1H3,(H,29,32)/t14-/m0/s1. The molecular formula is C26H21FN4O4. The lowest BCUT2D eigenvalue weighted by molar-refractivity contribution is 0.0908. The zero-order chi connectivity index (χ0) is 23.9. The molecule has 5 bridgehead atoms. The van der Waals surface area contributed by atoms with Crippen molar-refractivity contribution in [2.24, 2.45) is 0 Å². The van der Waals surface area contributed by atoms with E-state index in [1.54, 1.807) is 30.6 Å². The third-order valence-electron chi connectivity index (χ3n) is 6.08. The Balaban J connectivity index is 1.56. The summed E-state index contributed by atoms with van der Waals surface area (Å²) in [6.07, 6.45) is 3.79. The van der Waals surface area contributed by atoms with Gasteiger partial charge in [-0.3, -0.25) is 9.78 Å². The number of rotatable bonds is 3. The second-order valence-corrected chi connectivity index (χ2v) is 8.31. The molecule has 4 aromatic rings. The number of aromatic nitrogens is 2. The number of aromatic amines is 1. The van der Waals surface area contributed by atoms with E-state index in [0.29, 0.717) is 58.5 Å². The molecule has 0 aliphatic carbocycles. The molecule has 7 rings (SSSR count). The van der Waals surface area contributed by atoms with E-state index in [4.69, 9.17) is 14.2 Å². The van der Waals surface area contributed by atoms with Gasteiger partial charge in [0.1, 0.15) is 18.1 Å². The van der Waals surface area contributed by atoms with E-state index in [2.05, 4.69) is 20.6 Å². The highest BCUT2D eigenvalue weighted by molar-refractivity contribution is 6.07. The Morgan fingerprint density at radius 1 is 1.14 bits per heavy atom. The molecule has 0 saturated carbocycles. The number of halogens is 1. The highest BCUT2D eigenvalue weighted by atomic mass is 19.1. The van der Waals surface area contributed by atoms with Gasteiger partial charge in [-0.15, -0.1) is 0 Å². The zero-order valence-electron chi connectivity index (χ0n) is 18.7. The van der Waals surface area contributed by atoms with Crippen molar-refractivity contribution >= 4 is 17.3 Å². The van der Waals surface area contributed by atoms with Crippen molar-refractivity contribution in [3.8, 4) is 34.3 Å². The molecule has 1 atom stereocenters. The van der Waals surface area contributed by atoms with Gasteiger partial charge in [-0.25, -0.2) is 4.39 Å². The fraction of sp³-hybridized carbons (Fsp3) is 0.154. The number of para-hydroxylation sites is 1. The van der Waals surface area contributed by atoms with Crippen molar-refractivity contribution in [1.82, 2.24) is 15.3 Å². The van der Waals surface area contributed by atoms with Crippen molar-refractivity contribution in [2.45, 2.75) is 12.5 Å². The molecule has 0 fully saturated rings. The van der Waals surface area contributed by atoms with E-state index in [1.165, 1.54) is 13.2 Å². The third kappa shape index (κ3) is 3.71. The topological polar surface area (TPSA) is 97.5 Å². The summed E-state index contributed by atoms with van der Waals surface area (Å²) < 4.78 is 31.8. The Bertz CT molecular complexity index is 1430. The number of amides is 1. The SMILES string of the molecule is COc1c(F)cccc1Nc1c2[nH]c3c1C(=O)N[C@H](COc1ccc(cc1)Oc1cnccc1-2)C3. The van der Waals surface area contributed by atoms with Gasteiger partial charge in [-0.1, -0.05) is 6.07 Å². The normalized spacial score (nSPS) is 15.9. The van der Waals surface area contributed by atoms with Gasteiger partial charge < -0.3 is 29.8 Å². The number of pyridine rings is 1. The molecule has 0 radical (unpaired) electrons. The highest BCUT2D eigenvalue weighted by Crippen LogP contribution is 2.43. The van der Waals surface area contributed by atoms with Gasteiger partial charge in [0.15, 0.2) is 17.3 Å². The molecule has 1 amide bonds. The number of carbonyl (C=O) groups excluding carboxylic acids is 1. The van der Waals surface area contributed by atoms with Crippen LogP contribution in [0.4, 0.5) is 15.8 Å². The summed E-state index contributed by atoms with van der Waals surface area (Å²) in [6, 6.07) is 13.4. The summed E-state index contributed by atoms with van der Waals surface area (Å²) in [5.74, 6) is 1.04. The zero-order valence-corrected chi connectivity index (χ0v) is 18.7. The Hall–Kier alpha value is -4.53. The molecule has 0 spiro atoms. The van der Waals surface area contributed by atoms with Crippen molar-refractivity contribution in [1.29, 1.82) is 0 Å². The summed E-state index contributed by atoms with van der Waals surface area (Å²) >= 11 is 0. The first-order valence-corrected chi connectivity index (χ1v) is 11.1. The van der Waals surface area contributed by atoms with Gasteiger partial charge in [-0.05, 0) is 42.5 Å². The first-order chi connectivity index (χ1) is 17.1. The van der Waals surface area contributed by atoms with Crippen LogP contribution < -0.4 is 24.8 Å². The van der Waals surface area contributed by atoms with Gasteiger partial charge in [0.25, 0.3) is 5.91 Å². The van der Waals surface area contributed by atoms with E-state index in [0.717, 1.165) is 5.69 Å². The van der Waals surface area contributed by atoms with Crippen molar-refractivity contribution in [3.05, 3.63) is 78.0 Å². The molecule has 3 aliphatic heterocycles. The van der Waals surface area contributed by atoms with Gasteiger partial charge in [0, 0.05) is 23.9 Å². The van der Waals surface area contributed by atoms with Crippen LogP contribution in [-0.2, 0) is 6.42 Å². The number of hydrogen-bond donors (Lipinski definition) is 3. The summed E-state index contributed by atoms with van der Waals surface area (Å²) in [6.45, 7) is 0.306. The Morgan fingerprint density at radius 3 is 2.80 bits per heavy atom. The van der Waals surface area contributed by atoms with Crippen LogP contribution in [0.2, 0.25) is 0 Å². The Morgan fingerprint density at radius 2 is 1.97 bits per heavy atom. The third-order valence-corrected chi connectivity index (χ3v) is 6.08. The Kier molecular flexibility index (Phi) is 5.02. The number of carbonyl (C=O) groups is 1. The molecule has 176 valence electrons. The van der Waals surface area contributed by atoms with E-state index in [9.17, 15) is 9.18 Å². The number of methoxy groups -OCH3 is 1. The summed E-state index contributed by atoms with van der Waals surface area (Å²) in [5.41, 5.74) is 3.36. The summed E-state index contributed by atoms with van der Waals surface area (Å²) in [4.78, 5) is 21.0. The maximum atomic E-state index is 14.4. The maximum absolute atomic E-state index is 14.4. The van der Waals surface area contributed by atoms with Gasteiger partial charge in [-0.2, -0.15) is 0 Å². The molecule has 3 N–H and O–H groups in total. The minimum absolute atomic E-state index is 0.0489. The molecule has 5 heterocycles. The number of hydrogen-bond acceptors (Lipinski definition) is 6. The van der Waals surface area contributed by atoms with E-state index in [-0.39, 0.29) is 17.7 Å². The van der Waals surface area contributed by atoms with Crippen LogP contribution in [0.25, 0.3) is 11.3 Å². The molecule has 35 heavy (non-hydrogen) atoms. The molecular weight excluding hydrogens is 451 g/mol. The Labute approximate surface area is 200 Å². The van der Waals surface area contributed by atoms with Crippen LogP contribution >= 0.6 is 0 Å². The fourth-order valence-electron chi connectivity index (χ4n) is 4.48. The van der Waals surface area contributed by atoms with Crippen LogP contribution in [0.3, 0.4) is 0 Å². The van der Waals surface area contributed by atoms with Crippen molar-refractivity contribution in [3.63, 3.8) is 0 Å². The first kappa shape index (κ1) is 21.0. The molecule has 0 unspecified atom stereocenters.